The number of nitrogens with zero attached hydrogens (tertiary/aromatic N) is 2. The zero-order chi connectivity index (χ0) is 14.7. The van der Waals surface area contributed by atoms with Gasteiger partial charge < -0.3 is 10.1 Å². The third-order valence-corrected chi connectivity index (χ3v) is 3.94. The van der Waals surface area contributed by atoms with Crippen LogP contribution in [0.5, 0.6) is 5.75 Å². The van der Waals surface area contributed by atoms with E-state index >= 15 is 0 Å². The van der Waals surface area contributed by atoms with Crippen LogP contribution in [0.3, 0.4) is 0 Å². The summed E-state index contributed by atoms with van der Waals surface area (Å²) in [6, 6.07) is 9.99. The van der Waals surface area contributed by atoms with E-state index in [9.17, 15) is 0 Å². The molecule has 0 saturated heterocycles. The fraction of sp³-hybridized carbons (Fsp3) is 0.200. The van der Waals surface area contributed by atoms with Crippen molar-refractivity contribution in [2.24, 2.45) is 0 Å². The quantitative estimate of drug-likeness (QED) is 0.710. The van der Waals surface area contributed by atoms with Crippen LogP contribution in [0.2, 0.25) is 5.28 Å². The summed E-state index contributed by atoms with van der Waals surface area (Å²) in [7, 11) is 0. The van der Waals surface area contributed by atoms with Crippen molar-refractivity contribution in [2.45, 2.75) is 13.5 Å². The molecular formula is C15H14ClN3OS. The smallest absolute Gasteiger partial charge is 0.225 e. The molecule has 3 rings (SSSR count). The summed E-state index contributed by atoms with van der Waals surface area (Å²) in [4.78, 5) is 9.36. The van der Waals surface area contributed by atoms with Gasteiger partial charge in [0.05, 0.1) is 12.0 Å². The molecule has 108 valence electrons. The number of nitrogens with one attached hydrogen (secondary N) is 1. The van der Waals surface area contributed by atoms with Gasteiger partial charge in [0.2, 0.25) is 5.28 Å². The number of ether oxygens (including phenoxy) is 1. The number of halogens is 1. The lowest BCUT2D eigenvalue weighted by Crippen LogP contribution is -2.03. The Labute approximate surface area is 131 Å². The van der Waals surface area contributed by atoms with Gasteiger partial charge in [-0.15, -0.1) is 11.3 Å². The molecular weight excluding hydrogens is 306 g/mol. The Hall–Kier alpha value is -1.85. The van der Waals surface area contributed by atoms with E-state index in [1.807, 2.05) is 42.6 Å². The summed E-state index contributed by atoms with van der Waals surface area (Å²) in [5.41, 5.74) is 1.12. The van der Waals surface area contributed by atoms with E-state index in [4.69, 9.17) is 16.3 Å². The fourth-order valence-corrected chi connectivity index (χ4v) is 3.04. The van der Waals surface area contributed by atoms with E-state index in [1.165, 1.54) is 0 Å². The van der Waals surface area contributed by atoms with Crippen LogP contribution in [0, 0.1) is 0 Å². The molecule has 2 heterocycles. The van der Waals surface area contributed by atoms with Crippen molar-refractivity contribution in [3.05, 3.63) is 46.6 Å². The fourth-order valence-electron chi connectivity index (χ4n) is 2.06. The number of hydrogen-bond donors (Lipinski definition) is 1. The number of benzene rings is 1. The van der Waals surface area contributed by atoms with Crippen LogP contribution in [0.15, 0.2) is 35.7 Å². The van der Waals surface area contributed by atoms with Gasteiger partial charge in [0.1, 0.15) is 16.4 Å². The van der Waals surface area contributed by atoms with Gasteiger partial charge in [-0.2, -0.15) is 0 Å². The number of hydrogen-bond acceptors (Lipinski definition) is 5. The predicted octanol–water partition coefficient (Wildman–Crippen LogP) is 4.36. The van der Waals surface area contributed by atoms with Crippen LogP contribution in [-0.4, -0.2) is 16.6 Å². The first-order valence-electron chi connectivity index (χ1n) is 6.62. The molecule has 0 bridgehead atoms. The summed E-state index contributed by atoms with van der Waals surface area (Å²) in [6.07, 6.45) is 0. The number of fused-ring (bicyclic) bond motifs is 1. The molecule has 0 atom stereocenters. The second-order valence-electron chi connectivity index (χ2n) is 4.41. The van der Waals surface area contributed by atoms with Crippen molar-refractivity contribution in [3.8, 4) is 5.75 Å². The topological polar surface area (TPSA) is 47.0 Å². The molecule has 1 N–H and O–H groups in total. The highest BCUT2D eigenvalue weighted by Crippen LogP contribution is 2.26. The van der Waals surface area contributed by atoms with Gasteiger partial charge in [-0.3, -0.25) is 0 Å². The molecule has 0 aliphatic rings. The van der Waals surface area contributed by atoms with E-state index in [2.05, 4.69) is 15.3 Å². The van der Waals surface area contributed by atoms with Crippen LogP contribution >= 0.6 is 22.9 Å². The van der Waals surface area contributed by atoms with E-state index in [-0.39, 0.29) is 5.28 Å². The van der Waals surface area contributed by atoms with Crippen LogP contribution in [-0.2, 0) is 6.54 Å². The van der Waals surface area contributed by atoms with Crippen molar-refractivity contribution in [3.63, 3.8) is 0 Å². The van der Waals surface area contributed by atoms with Crippen molar-refractivity contribution in [2.75, 3.05) is 11.9 Å². The molecule has 1 aromatic carbocycles. The van der Waals surface area contributed by atoms with E-state index in [0.717, 1.165) is 27.3 Å². The second-order valence-corrected chi connectivity index (χ2v) is 5.65. The maximum Gasteiger partial charge on any atom is 0.225 e. The van der Waals surface area contributed by atoms with E-state index < -0.39 is 0 Å². The van der Waals surface area contributed by atoms with Gasteiger partial charge >= 0.3 is 0 Å². The van der Waals surface area contributed by atoms with Crippen LogP contribution in [0.25, 0.3) is 10.2 Å². The molecule has 6 heteroatoms. The van der Waals surface area contributed by atoms with Crippen LogP contribution < -0.4 is 10.1 Å². The van der Waals surface area contributed by atoms with Gasteiger partial charge in [0.15, 0.2) is 0 Å². The van der Waals surface area contributed by atoms with Crippen molar-refractivity contribution in [1.82, 2.24) is 9.97 Å². The Morgan fingerprint density at radius 2 is 2.19 bits per heavy atom. The molecule has 3 aromatic rings. The number of thiophene rings is 1. The lowest BCUT2D eigenvalue weighted by atomic mass is 10.2. The molecule has 0 fully saturated rings. The van der Waals surface area contributed by atoms with Gasteiger partial charge in [-0.1, -0.05) is 12.1 Å². The van der Waals surface area contributed by atoms with Gasteiger partial charge in [-0.25, -0.2) is 9.97 Å². The molecule has 0 amide bonds. The Bertz CT molecular complexity index is 760. The third-order valence-electron chi connectivity index (χ3n) is 2.97. The molecule has 0 spiro atoms. The molecule has 2 aromatic heterocycles. The Balaban J connectivity index is 1.80. The summed E-state index contributed by atoms with van der Waals surface area (Å²) in [5.74, 6) is 1.63. The second kappa shape index (κ2) is 6.28. The van der Waals surface area contributed by atoms with Crippen LogP contribution in [0.1, 0.15) is 12.5 Å². The summed E-state index contributed by atoms with van der Waals surface area (Å²) < 4.78 is 5.50. The summed E-state index contributed by atoms with van der Waals surface area (Å²) in [5, 5.41) is 6.55. The number of anilines is 1. The van der Waals surface area contributed by atoms with E-state index in [1.54, 1.807) is 11.3 Å². The first kappa shape index (κ1) is 14.1. The summed E-state index contributed by atoms with van der Waals surface area (Å²) >= 11 is 7.50. The molecule has 21 heavy (non-hydrogen) atoms. The van der Waals surface area contributed by atoms with Crippen LogP contribution in [0.4, 0.5) is 5.82 Å². The minimum absolute atomic E-state index is 0.260. The lowest BCUT2D eigenvalue weighted by molar-refractivity contribution is 0.340. The average molecular weight is 320 g/mol. The molecule has 0 unspecified atom stereocenters. The predicted molar refractivity (Wildman–Crippen MR) is 87.4 cm³/mol. The first-order chi connectivity index (χ1) is 10.3. The molecule has 0 aliphatic heterocycles. The molecule has 0 saturated carbocycles. The van der Waals surface area contributed by atoms with Gasteiger partial charge in [0.25, 0.3) is 0 Å². The van der Waals surface area contributed by atoms with Crippen molar-refractivity contribution >= 4 is 39.0 Å². The number of aromatic nitrogens is 2. The molecule has 4 nitrogen and oxygen atoms in total. The van der Waals surface area contributed by atoms with Crippen molar-refractivity contribution in [1.29, 1.82) is 0 Å². The zero-order valence-electron chi connectivity index (χ0n) is 11.5. The van der Waals surface area contributed by atoms with Gasteiger partial charge in [0, 0.05) is 6.54 Å². The Kier molecular flexibility index (Phi) is 4.22. The van der Waals surface area contributed by atoms with Gasteiger partial charge in [-0.05, 0) is 47.7 Å². The zero-order valence-corrected chi connectivity index (χ0v) is 13.0. The lowest BCUT2D eigenvalue weighted by Gasteiger charge is -2.09. The Morgan fingerprint density at radius 1 is 1.29 bits per heavy atom. The standard InChI is InChI=1S/C15H14ClN3OS/c1-2-20-11-5-3-4-10(8-11)9-17-13-12-6-7-21-14(12)19-15(16)18-13/h3-8H,2,9H2,1H3,(H,17,18,19). The maximum atomic E-state index is 5.95. The summed E-state index contributed by atoms with van der Waals surface area (Å²) in [6.45, 7) is 3.29. The largest absolute Gasteiger partial charge is 0.494 e. The number of rotatable bonds is 5. The monoisotopic (exact) mass is 319 g/mol. The highest BCUT2D eigenvalue weighted by atomic mass is 35.5. The van der Waals surface area contributed by atoms with E-state index in [0.29, 0.717) is 13.2 Å². The Morgan fingerprint density at radius 3 is 3.05 bits per heavy atom. The minimum atomic E-state index is 0.260. The molecule has 0 aliphatic carbocycles. The average Bonchev–Trinajstić information content (AvgIpc) is 2.93. The normalized spacial score (nSPS) is 10.8. The van der Waals surface area contributed by atoms with Crippen molar-refractivity contribution < 1.29 is 4.74 Å². The molecule has 0 radical (unpaired) electrons. The highest BCUT2D eigenvalue weighted by Gasteiger charge is 2.07. The highest BCUT2D eigenvalue weighted by molar-refractivity contribution is 7.16. The third kappa shape index (κ3) is 3.25. The SMILES string of the molecule is CCOc1cccc(CNc2nc(Cl)nc3sccc23)c1. The maximum absolute atomic E-state index is 5.95. The minimum Gasteiger partial charge on any atom is -0.494 e. The first-order valence-corrected chi connectivity index (χ1v) is 7.88.